The highest BCUT2D eigenvalue weighted by molar-refractivity contribution is 7.99. The predicted octanol–water partition coefficient (Wildman–Crippen LogP) is 3.55. The zero-order valence-corrected chi connectivity index (χ0v) is 12.8. The first-order valence-corrected chi connectivity index (χ1v) is 8.23. The molecule has 1 saturated heterocycles. The van der Waals surface area contributed by atoms with Crippen LogP contribution in [0.3, 0.4) is 0 Å². The quantitative estimate of drug-likeness (QED) is 0.839. The second kappa shape index (κ2) is 6.99. The van der Waals surface area contributed by atoms with Crippen molar-refractivity contribution < 1.29 is 4.79 Å². The number of hydrogen-bond donors (Lipinski definition) is 0. The van der Waals surface area contributed by atoms with Crippen LogP contribution in [-0.4, -0.2) is 29.6 Å². The molecule has 1 aromatic rings. The first-order valence-electron chi connectivity index (χ1n) is 7.08. The minimum atomic E-state index is 0.314. The molecule has 1 aromatic carbocycles. The lowest BCUT2D eigenvalue weighted by molar-refractivity contribution is -0.129. The van der Waals surface area contributed by atoms with Gasteiger partial charge in [0.1, 0.15) is 0 Å². The fourth-order valence-corrected chi connectivity index (χ4v) is 3.50. The summed E-state index contributed by atoms with van der Waals surface area (Å²) in [6, 6.07) is 6.61. The Labute approximate surface area is 120 Å². The van der Waals surface area contributed by atoms with E-state index < -0.39 is 0 Å². The first-order chi connectivity index (χ1) is 9.15. The molecule has 2 nitrogen and oxygen atoms in total. The van der Waals surface area contributed by atoms with Crippen LogP contribution in [0.25, 0.3) is 0 Å². The maximum atomic E-state index is 12.0. The van der Waals surface area contributed by atoms with E-state index in [0.29, 0.717) is 11.7 Å². The van der Waals surface area contributed by atoms with Crippen molar-refractivity contribution >= 4 is 17.7 Å². The molecule has 0 saturated carbocycles. The summed E-state index contributed by atoms with van der Waals surface area (Å²) in [5.74, 6) is 1.86. The van der Waals surface area contributed by atoms with E-state index in [1.54, 1.807) is 11.8 Å². The highest BCUT2D eigenvalue weighted by Gasteiger charge is 2.15. The lowest BCUT2D eigenvalue weighted by Gasteiger charge is -2.26. The Bertz CT molecular complexity index is 418. The molecule has 0 atom stereocenters. The van der Waals surface area contributed by atoms with Gasteiger partial charge in [0, 0.05) is 18.8 Å². The van der Waals surface area contributed by atoms with E-state index >= 15 is 0 Å². The van der Waals surface area contributed by atoms with Gasteiger partial charge in [-0.2, -0.15) is 0 Å². The summed E-state index contributed by atoms with van der Waals surface area (Å²) in [6.07, 6.45) is 3.63. The van der Waals surface area contributed by atoms with Gasteiger partial charge in [0.2, 0.25) is 5.91 Å². The molecule has 0 aromatic heterocycles. The van der Waals surface area contributed by atoms with Gasteiger partial charge in [-0.25, -0.2) is 0 Å². The highest BCUT2D eigenvalue weighted by atomic mass is 32.2. The number of amides is 1. The molecule has 0 radical (unpaired) electrons. The smallest absolute Gasteiger partial charge is 0.232 e. The van der Waals surface area contributed by atoms with Gasteiger partial charge in [0.05, 0.1) is 5.75 Å². The maximum absolute atomic E-state index is 12.0. The molecule has 3 heteroatoms. The lowest BCUT2D eigenvalue weighted by atomic mass is 10.1. The van der Waals surface area contributed by atoms with Crippen molar-refractivity contribution in [3.8, 4) is 0 Å². The number of aryl methyl sites for hydroxylation is 2. The third-order valence-corrected chi connectivity index (χ3v) is 4.47. The third-order valence-electron chi connectivity index (χ3n) is 3.48. The van der Waals surface area contributed by atoms with Gasteiger partial charge in [-0.05, 0) is 38.7 Å². The van der Waals surface area contributed by atoms with Gasteiger partial charge in [-0.3, -0.25) is 4.79 Å². The number of likely N-dealkylation sites (tertiary alicyclic amines) is 1. The van der Waals surface area contributed by atoms with Crippen molar-refractivity contribution in [2.75, 3.05) is 18.8 Å². The summed E-state index contributed by atoms with van der Waals surface area (Å²) in [5, 5.41) is 0. The Kier molecular flexibility index (Phi) is 5.32. The van der Waals surface area contributed by atoms with Crippen molar-refractivity contribution in [2.45, 2.75) is 38.9 Å². The fourth-order valence-electron chi connectivity index (χ4n) is 2.64. The van der Waals surface area contributed by atoms with Gasteiger partial charge in [0.25, 0.3) is 0 Å². The topological polar surface area (TPSA) is 20.3 Å². The van der Waals surface area contributed by atoms with E-state index in [9.17, 15) is 4.79 Å². The zero-order chi connectivity index (χ0) is 13.7. The molecule has 2 rings (SSSR count). The summed E-state index contributed by atoms with van der Waals surface area (Å²) in [5.41, 5.74) is 3.94. The van der Waals surface area contributed by atoms with Crippen LogP contribution in [0.2, 0.25) is 0 Å². The zero-order valence-electron chi connectivity index (χ0n) is 11.9. The SMILES string of the molecule is Cc1cc(C)cc(CSCC(=O)N2CCCCC2)c1. The Morgan fingerprint density at radius 2 is 1.74 bits per heavy atom. The van der Waals surface area contributed by atoms with Gasteiger partial charge < -0.3 is 4.90 Å². The predicted molar refractivity (Wildman–Crippen MR) is 82.5 cm³/mol. The molecule has 1 fully saturated rings. The van der Waals surface area contributed by atoms with Gasteiger partial charge in [-0.15, -0.1) is 11.8 Å². The molecule has 0 unspecified atom stereocenters. The van der Waals surface area contributed by atoms with Gasteiger partial charge in [0.15, 0.2) is 0 Å². The molecular formula is C16H23NOS. The number of piperidine rings is 1. The second-order valence-corrected chi connectivity index (χ2v) is 6.42. The van der Waals surface area contributed by atoms with E-state index in [1.807, 2.05) is 4.90 Å². The van der Waals surface area contributed by atoms with E-state index in [1.165, 1.54) is 36.0 Å². The minimum Gasteiger partial charge on any atom is -0.342 e. The molecule has 0 N–H and O–H groups in total. The molecule has 0 aliphatic carbocycles. The highest BCUT2D eigenvalue weighted by Crippen LogP contribution is 2.17. The van der Waals surface area contributed by atoms with Crippen LogP contribution in [0.4, 0.5) is 0 Å². The summed E-state index contributed by atoms with van der Waals surface area (Å²) >= 11 is 1.73. The molecule has 1 aliphatic rings. The number of carbonyl (C=O) groups is 1. The molecule has 1 amide bonds. The minimum absolute atomic E-state index is 0.314. The Morgan fingerprint density at radius 1 is 1.11 bits per heavy atom. The maximum Gasteiger partial charge on any atom is 0.232 e. The molecule has 1 aliphatic heterocycles. The van der Waals surface area contributed by atoms with Crippen molar-refractivity contribution in [1.29, 1.82) is 0 Å². The first kappa shape index (κ1) is 14.4. The standard InChI is InChI=1S/C16H23NOS/c1-13-8-14(2)10-15(9-13)11-19-12-16(18)17-6-4-3-5-7-17/h8-10H,3-7,11-12H2,1-2H3. The molecule has 1 heterocycles. The Hall–Kier alpha value is -0.960. The van der Waals surface area contributed by atoms with Crippen LogP contribution in [0, 0.1) is 13.8 Å². The van der Waals surface area contributed by atoms with Crippen molar-refractivity contribution in [1.82, 2.24) is 4.90 Å². The van der Waals surface area contributed by atoms with Crippen LogP contribution >= 0.6 is 11.8 Å². The van der Waals surface area contributed by atoms with Gasteiger partial charge in [-0.1, -0.05) is 29.3 Å². The van der Waals surface area contributed by atoms with E-state index in [-0.39, 0.29) is 0 Å². The van der Waals surface area contributed by atoms with E-state index in [0.717, 1.165) is 18.8 Å². The Morgan fingerprint density at radius 3 is 2.37 bits per heavy atom. The van der Waals surface area contributed by atoms with E-state index in [2.05, 4.69) is 32.0 Å². The van der Waals surface area contributed by atoms with Crippen LogP contribution in [-0.2, 0) is 10.5 Å². The van der Waals surface area contributed by atoms with Crippen LogP contribution in [0.15, 0.2) is 18.2 Å². The van der Waals surface area contributed by atoms with Crippen molar-refractivity contribution in [2.24, 2.45) is 0 Å². The number of hydrogen-bond acceptors (Lipinski definition) is 2. The Balaban J connectivity index is 1.77. The number of thioether (sulfide) groups is 1. The number of carbonyl (C=O) groups excluding carboxylic acids is 1. The van der Waals surface area contributed by atoms with Crippen LogP contribution < -0.4 is 0 Å². The monoisotopic (exact) mass is 277 g/mol. The largest absolute Gasteiger partial charge is 0.342 e. The number of benzene rings is 1. The van der Waals surface area contributed by atoms with Crippen LogP contribution in [0.1, 0.15) is 36.0 Å². The molecule has 19 heavy (non-hydrogen) atoms. The summed E-state index contributed by atoms with van der Waals surface area (Å²) in [4.78, 5) is 14.1. The average molecular weight is 277 g/mol. The summed E-state index contributed by atoms with van der Waals surface area (Å²) in [6.45, 7) is 6.17. The summed E-state index contributed by atoms with van der Waals surface area (Å²) < 4.78 is 0. The van der Waals surface area contributed by atoms with Crippen molar-refractivity contribution in [3.05, 3.63) is 34.9 Å². The number of nitrogens with zero attached hydrogens (tertiary/aromatic N) is 1. The summed E-state index contributed by atoms with van der Waals surface area (Å²) in [7, 11) is 0. The third kappa shape index (κ3) is 4.57. The molecular weight excluding hydrogens is 254 g/mol. The van der Waals surface area contributed by atoms with E-state index in [4.69, 9.17) is 0 Å². The van der Waals surface area contributed by atoms with Gasteiger partial charge >= 0.3 is 0 Å². The average Bonchev–Trinajstić information content (AvgIpc) is 2.38. The van der Waals surface area contributed by atoms with Crippen LogP contribution in [0.5, 0.6) is 0 Å². The molecule has 104 valence electrons. The number of rotatable bonds is 4. The van der Waals surface area contributed by atoms with Crippen molar-refractivity contribution in [3.63, 3.8) is 0 Å². The molecule has 0 bridgehead atoms. The second-order valence-electron chi connectivity index (χ2n) is 5.43. The molecule has 0 spiro atoms. The normalized spacial score (nSPS) is 15.6. The fraction of sp³-hybridized carbons (Fsp3) is 0.562. The lowest BCUT2D eigenvalue weighted by Crippen LogP contribution is -2.36.